The largest absolute Gasteiger partial charge is 0.472 e. The molecule has 2 unspecified atom stereocenters. The van der Waals surface area contributed by atoms with Gasteiger partial charge in [0.2, 0.25) is 0 Å². The second kappa shape index (κ2) is 66.6. The van der Waals surface area contributed by atoms with E-state index in [9.17, 15) is 43.2 Å². The van der Waals surface area contributed by atoms with Crippen LogP contribution < -0.4 is 0 Å². The van der Waals surface area contributed by atoms with E-state index >= 15 is 0 Å². The fourth-order valence-corrected chi connectivity index (χ4v) is 13.2. The Balaban J connectivity index is 5.20. The van der Waals surface area contributed by atoms with Crippen LogP contribution in [0.1, 0.15) is 389 Å². The minimum absolute atomic E-state index is 0.102. The Morgan fingerprint density at radius 2 is 0.484 bits per heavy atom. The molecule has 0 heterocycles. The second-order valence-corrected chi connectivity index (χ2v) is 31.7. The molecule has 0 saturated heterocycles. The summed E-state index contributed by atoms with van der Waals surface area (Å²) in [5.41, 5.74) is 0. The molecule has 0 rings (SSSR count). The number of aliphatic hydroxyl groups excluding tert-OH is 1. The Bertz CT molecular complexity index is 1850. The predicted octanol–water partition coefficient (Wildman–Crippen LogP) is 22.2. The Morgan fingerprint density at radius 3 is 0.716 bits per heavy atom. The van der Waals surface area contributed by atoms with Gasteiger partial charge in [0, 0.05) is 25.7 Å². The topological polar surface area (TPSA) is 237 Å². The van der Waals surface area contributed by atoms with Crippen molar-refractivity contribution in [3.05, 3.63) is 0 Å². The highest BCUT2D eigenvalue weighted by molar-refractivity contribution is 7.47. The van der Waals surface area contributed by atoms with E-state index in [4.69, 9.17) is 37.0 Å². The number of carbonyl (C=O) groups excluding carboxylic acids is 4. The minimum Gasteiger partial charge on any atom is -0.462 e. The van der Waals surface area contributed by atoms with Crippen LogP contribution in [0.2, 0.25) is 0 Å². The molecule has 95 heavy (non-hydrogen) atoms. The van der Waals surface area contributed by atoms with E-state index < -0.39 is 97.5 Å². The lowest BCUT2D eigenvalue weighted by Crippen LogP contribution is -2.30. The highest BCUT2D eigenvalue weighted by atomic mass is 31.2. The predicted molar refractivity (Wildman–Crippen MR) is 386 cm³/mol. The monoisotopic (exact) mass is 1400 g/mol. The maximum absolute atomic E-state index is 13.1. The van der Waals surface area contributed by atoms with Gasteiger partial charge >= 0.3 is 39.5 Å². The van der Waals surface area contributed by atoms with E-state index in [0.29, 0.717) is 37.5 Å². The number of hydrogen-bond acceptors (Lipinski definition) is 15. The third-order valence-corrected chi connectivity index (χ3v) is 19.5. The summed E-state index contributed by atoms with van der Waals surface area (Å²) in [5, 5.41) is 10.6. The van der Waals surface area contributed by atoms with Gasteiger partial charge in [-0.15, -0.1) is 0 Å². The molecule has 0 bridgehead atoms. The minimum atomic E-state index is -4.96. The van der Waals surface area contributed by atoms with Crippen molar-refractivity contribution in [3.63, 3.8) is 0 Å². The second-order valence-electron chi connectivity index (χ2n) is 28.8. The van der Waals surface area contributed by atoms with Gasteiger partial charge in [-0.1, -0.05) is 337 Å². The summed E-state index contributed by atoms with van der Waals surface area (Å²) in [6, 6.07) is 0. The molecule has 0 saturated carbocycles. The van der Waals surface area contributed by atoms with Crippen LogP contribution >= 0.6 is 15.6 Å². The Kier molecular flexibility index (Phi) is 65.2. The molecular formula is C76H148O17P2. The third kappa shape index (κ3) is 70.3. The van der Waals surface area contributed by atoms with Crippen LogP contribution in [0.5, 0.6) is 0 Å². The first kappa shape index (κ1) is 93.1. The molecule has 0 aromatic rings. The summed E-state index contributed by atoms with van der Waals surface area (Å²) >= 11 is 0. The van der Waals surface area contributed by atoms with Crippen molar-refractivity contribution in [1.82, 2.24) is 0 Å². The van der Waals surface area contributed by atoms with Gasteiger partial charge in [-0.3, -0.25) is 37.3 Å². The van der Waals surface area contributed by atoms with Crippen LogP contribution in [-0.2, 0) is 65.4 Å². The van der Waals surface area contributed by atoms with E-state index in [1.165, 1.54) is 193 Å². The van der Waals surface area contributed by atoms with Crippen LogP contribution in [0.3, 0.4) is 0 Å². The van der Waals surface area contributed by atoms with Crippen molar-refractivity contribution in [3.8, 4) is 0 Å². The van der Waals surface area contributed by atoms with E-state index in [1.54, 1.807) is 0 Å². The van der Waals surface area contributed by atoms with Crippen molar-refractivity contribution in [2.75, 3.05) is 39.6 Å². The summed E-state index contributed by atoms with van der Waals surface area (Å²) in [5.74, 6) is 0.0515. The first-order valence-electron chi connectivity index (χ1n) is 39.3. The molecule has 564 valence electrons. The normalized spacial score (nSPS) is 14.1. The molecule has 0 aliphatic carbocycles. The molecule has 0 radical (unpaired) electrons. The molecule has 5 atom stereocenters. The van der Waals surface area contributed by atoms with Crippen molar-refractivity contribution >= 4 is 39.5 Å². The molecule has 0 spiro atoms. The number of esters is 4. The van der Waals surface area contributed by atoms with Gasteiger partial charge in [-0.05, 0) is 43.4 Å². The standard InChI is InChI=1S/C76H148O17P2/c1-8-9-10-11-12-13-14-15-16-17-18-19-20-25-28-31-36-45-52-59-75(80)92-71(63-86-73(78)57-50-43-35-30-27-24-22-21-23-26-29-33-40-47-54-67(2)3)65-90-94(82,83)88-61-70(77)62-89-95(84,85)91-66-72(64-87-74(79)58-51-44-39-38-42-49-56-69(6)7)93-76(81)60-53-46-37-32-34-41-48-55-68(4)5/h67-72,77H,8-66H2,1-7H3,(H,82,83)(H,84,85)/t70-,71-,72-/m1/s1. The van der Waals surface area contributed by atoms with Crippen LogP contribution in [0.15, 0.2) is 0 Å². The SMILES string of the molecule is CCCCCCCCCCCCCCCCCCCCCC(=O)O[C@H](COC(=O)CCCCCCCCCCCCCCCCC(C)C)COP(=O)(O)OC[C@@H](O)COP(=O)(O)OC[C@@H](COC(=O)CCCCCCCCC(C)C)OC(=O)CCCCCCCCCC(C)C. The van der Waals surface area contributed by atoms with Gasteiger partial charge in [-0.2, -0.15) is 0 Å². The zero-order chi connectivity index (χ0) is 70.1. The lowest BCUT2D eigenvalue weighted by molar-refractivity contribution is -0.161. The highest BCUT2D eigenvalue weighted by Crippen LogP contribution is 2.45. The molecule has 0 amide bonds. The number of aliphatic hydroxyl groups is 1. The number of phosphoric ester groups is 2. The molecule has 0 fully saturated rings. The quantitative estimate of drug-likeness (QED) is 0.0222. The highest BCUT2D eigenvalue weighted by Gasteiger charge is 2.30. The van der Waals surface area contributed by atoms with Crippen LogP contribution in [-0.4, -0.2) is 96.7 Å². The summed E-state index contributed by atoms with van der Waals surface area (Å²) in [6.45, 7) is 11.8. The van der Waals surface area contributed by atoms with Gasteiger partial charge in [0.15, 0.2) is 12.2 Å². The van der Waals surface area contributed by atoms with E-state index in [-0.39, 0.29) is 25.7 Å². The Morgan fingerprint density at radius 1 is 0.284 bits per heavy atom. The summed E-state index contributed by atoms with van der Waals surface area (Å²) in [7, 11) is -9.91. The zero-order valence-corrected chi connectivity index (χ0v) is 63.9. The van der Waals surface area contributed by atoms with Crippen LogP contribution in [0.25, 0.3) is 0 Å². The van der Waals surface area contributed by atoms with Crippen LogP contribution in [0, 0.1) is 17.8 Å². The van der Waals surface area contributed by atoms with Gasteiger partial charge in [-0.25, -0.2) is 9.13 Å². The molecule has 0 aromatic heterocycles. The van der Waals surface area contributed by atoms with Gasteiger partial charge < -0.3 is 33.8 Å². The number of carbonyl (C=O) groups is 4. The van der Waals surface area contributed by atoms with Gasteiger partial charge in [0.05, 0.1) is 26.4 Å². The molecule has 17 nitrogen and oxygen atoms in total. The van der Waals surface area contributed by atoms with E-state index in [1.807, 2.05) is 0 Å². The lowest BCUT2D eigenvalue weighted by atomic mass is 10.0. The first-order valence-corrected chi connectivity index (χ1v) is 42.3. The third-order valence-electron chi connectivity index (χ3n) is 17.6. The van der Waals surface area contributed by atoms with E-state index in [2.05, 4.69) is 48.5 Å². The molecule has 19 heteroatoms. The first-order chi connectivity index (χ1) is 45.7. The van der Waals surface area contributed by atoms with E-state index in [0.717, 1.165) is 102 Å². The summed E-state index contributed by atoms with van der Waals surface area (Å²) in [6.07, 6.45) is 53.1. The molecule has 0 aromatic carbocycles. The maximum atomic E-state index is 13.1. The maximum Gasteiger partial charge on any atom is 0.472 e. The summed E-state index contributed by atoms with van der Waals surface area (Å²) in [4.78, 5) is 72.7. The fourth-order valence-electron chi connectivity index (χ4n) is 11.6. The van der Waals surface area contributed by atoms with Crippen molar-refractivity contribution in [1.29, 1.82) is 0 Å². The fraction of sp³-hybridized carbons (Fsp3) is 0.947. The van der Waals surface area contributed by atoms with Crippen LogP contribution in [0.4, 0.5) is 0 Å². The number of unbranched alkanes of at least 4 members (excludes halogenated alkanes) is 42. The molecule has 0 aliphatic heterocycles. The zero-order valence-electron chi connectivity index (χ0n) is 62.1. The number of phosphoric acid groups is 2. The van der Waals surface area contributed by atoms with Gasteiger partial charge in [0.25, 0.3) is 0 Å². The van der Waals surface area contributed by atoms with Crippen molar-refractivity contribution < 1.29 is 80.2 Å². The number of ether oxygens (including phenoxy) is 4. The Labute approximate surface area is 581 Å². The number of hydrogen-bond donors (Lipinski definition) is 3. The average Bonchev–Trinajstić information content (AvgIpc) is 3.29. The van der Waals surface area contributed by atoms with Crippen molar-refractivity contribution in [2.45, 2.75) is 407 Å². The molecule has 3 N–H and O–H groups in total. The smallest absolute Gasteiger partial charge is 0.462 e. The molecule has 0 aliphatic rings. The Hall–Kier alpha value is -1.94. The average molecular weight is 1400 g/mol. The number of rotatable bonds is 74. The van der Waals surface area contributed by atoms with Crippen molar-refractivity contribution in [2.24, 2.45) is 17.8 Å². The molecular weight excluding hydrogens is 1250 g/mol. The summed E-state index contributed by atoms with van der Waals surface area (Å²) < 4.78 is 68.4. The van der Waals surface area contributed by atoms with Gasteiger partial charge in [0.1, 0.15) is 19.3 Å². The lowest BCUT2D eigenvalue weighted by Gasteiger charge is -2.21.